The highest BCUT2D eigenvalue weighted by Crippen LogP contribution is 2.22. The van der Waals surface area contributed by atoms with Crippen molar-refractivity contribution in [1.82, 2.24) is 5.32 Å². The Balaban J connectivity index is 1.90. The van der Waals surface area contributed by atoms with Crippen LogP contribution in [0.25, 0.3) is 0 Å². The van der Waals surface area contributed by atoms with Crippen LogP contribution in [-0.4, -0.2) is 48.5 Å². The van der Waals surface area contributed by atoms with Crippen molar-refractivity contribution in [2.75, 3.05) is 13.2 Å². The highest BCUT2D eigenvalue weighted by molar-refractivity contribution is 5.96. The van der Waals surface area contributed by atoms with Crippen LogP contribution in [0.1, 0.15) is 29.6 Å². The fourth-order valence-corrected chi connectivity index (χ4v) is 2.34. The SMILES string of the molecule is O=C(NC(CC(F)(F)F)C(=O)O)c1ccc(OCC2CCCO2)cc1. The molecule has 1 heterocycles. The summed E-state index contributed by atoms with van der Waals surface area (Å²) in [5.41, 5.74) is 0.0397. The van der Waals surface area contributed by atoms with Crippen LogP contribution in [0.15, 0.2) is 24.3 Å². The number of rotatable bonds is 7. The predicted molar refractivity (Wildman–Crippen MR) is 80.5 cm³/mol. The Kier molecular flexibility index (Phi) is 6.24. The third-order valence-electron chi connectivity index (χ3n) is 3.62. The molecule has 1 aliphatic rings. The second kappa shape index (κ2) is 8.19. The Hall–Kier alpha value is -2.29. The minimum Gasteiger partial charge on any atom is -0.491 e. The van der Waals surface area contributed by atoms with Crippen molar-refractivity contribution in [2.45, 2.75) is 37.6 Å². The number of carbonyl (C=O) groups excluding carboxylic acids is 1. The second-order valence-corrected chi connectivity index (χ2v) is 5.65. The topological polar surface area (TPSA) is 84.9 Å². The predicted octanol–water partition coefficient (Wildman–Crippen LogP) is 2.38. The van der Waals surface area contributed by atoms with E-state index in [4.69, 9.17) is 14.6 Å². The van der Waals surface area contributed by atoms with Crippen LogP contribution in [0.2, 0.25) is 0 Å². The van der Waals surface area contributed by atoms with Gasteiger partial charge < -0.3 is 19.9 Å². The lowest BCUT2D eigenvalue weighted by atomic mass is 10.1. The first-order valence-electron chi connectivity index (χ1n) is 7.69. The van der Waals surface area contributed by atoms with Gasteiger partial charge in [0.25, 0.3) is 5.91 Å². The lowest BCUT2D eigenvalue weighted by Crippen LogP contribution is -2.43. The normalized spacial score (nSPS) is 18.6. The van der Waals surface area contributed by atoms with Gasteiger partial charge in [0, 0.05) is 12.2 Å². The summed E-state index contributed by atoms with van der Waals surface area (Å²) in [5, 5.41) is 10.7. The van der Waals surface area contributed by atoms with Gasteiger partial charge in [-0.2, -0.15) is 13.2 Å². The molecular formula is C16H18F3NO5. The van der Waals surface area contributed by atoms with Crippen molar-refractivity contribution in [3.8, 4) is 5.75 Å². The van der Waals surface area contributed by atoms with Crippen LogP contribution in [0, 0.1) is 0 Å². The number of nitrogens with one attached hydrogen (secondary N) is 1. The number of halogens is 3. The molecule has 0 aromatic heterocycles. The summed E-state index contributed by atoms with van der Waals surface area (Å²) >= 11 is 0. The standard InChI is InChI=1S/C16H18F3NO5/c17-16(18,19)8-13(15(22)23)20-14(21)10-3-5-11(6-4-10)25-9-12-2-1-7-24-12/h3-6,12-13H,1-2,7-9H2,(H,20,21)(H,22,23). The third-order valence-corrected chi connectivity index (χ3v) is 3.62. The first-order valence-corrected chi connectivity index (χ1v) is 7.69. The van der Waals surface area contributed by atoms with Crippen LogP contribution in [-0.2, 0) is 9.53 Å². The zero-order valence-corrected chi connectivity index (χ0v) is 13.2. The van der Waals surface area contributed by atoms with Crippen molar-refractivity contribution < 1.29 is 37.3 Å². The Bertz CT molecular complexity index is 597. The number of carboxylic acid groups (broad SMARTS) is 1. The summed E-state index contributed by atoms with van der Waals surface area (Å²) in [4.78, 5) is 22.8. The molecule has 1 aromatic rings. The number of ether oxygens (including phenoxy) is 2. The molecule has 0 aliphatic carbocycles. The van der Waals surface area contributed by atoms with Crippen LogP contribution in [0.4, 0.5) is 13.2 Å². The fourth-order valence-electron chi connectivity index (χ4n) is 2.34. The molecule has 25 heavy (non-hydrogen) atoms. The molecule has 6 nitrogen and oxygen atoms in total. The molecule has 1 aromatic carbocycles. The summed E-state index contributed by atoms with van der Waals surface area (Å²) < 4.78 is 47.9. The molecule has 2 N–H and O–H groups in total. The highest BCUT2D eigenvalue weighted by Gasteiger charge is 2.36. The van der Waals surface area contributed by atoms with Gasteiger partial charge in [0.15, 0.2) is 0 Å². The summed E-state index contributed by atoms with van der Waals surface area (Å²) in [6, 6.07) is 3.65. The smallest absolute Gasteiger partial charge is 0.391 e. The first kappa shape index (κ1) is 19.0. The molecule has 2 atom stereocenters. The van der Waals surface area contributed by atoms with E-state index in [1.807, 2.05) is 5.32 Å². The maximum atomic E-state index is 12.3. The van der Waals surface area contributed by atoms with Crippen molar-refractivity contribution in [3.63, 3.8) is 0 Å². The van der Waals surface area contributed by atoms with Gasteiger partial charge in [-0.1, -0.05) is 0 Å². The van der Waals surface area contributed by atoms with Gasteiger partial charge in [-0.05, 0) is 37.1 Å². The maximum Gasteiger partial charge on any atom is 0.391 e. The minimum absolute atomic E-state index is 0.0293. The largest absolute Gasteiger partial charge is 0.491 e. The van der Waals surface area contributed by atoms with Crippen molar-refractivity contribution in [3.05, 3.63) is 29.8 Å². The number of carboxylic acids is 1. The Morgan fingerprint density at radius 2 is 2.00 bits per heavy atom. The van der Waals surface area contributed by atoms with Crippen molar-refractivity contribution in [1.29, 1.82) is 0 Å². The number of hydrogen-bond acceptors (Lipinski definition) is 4. The van der Waals surface area contributed by atoms with Gasteiger partial charge in [-0.25, -0.2) is 4.79 Å². The maximum absolute atomic E-state index is 12.3. The highest BCUT2D eigenvalue weighted by atomic mass is 19.4. The van der Waals surface area contributed by atoms with Crippen molar-refractivity contribution in [2.24, 2.45) is 0 Å². The monoisotopic (exact) mass is 361 g/mol. The van der Waals surface area contributed by atoms with Gasteiger partial charge in [0.2, 0.25) is 0 Å². The Morgan fingerprint density at radius 3 is 2.52 bits per heavy atom. The summed E-state index contributed by atoms with van der Waals surface area (Å²) in [6.07, 6.45) is -4.42. The minimum atomic E-state index is -4.70. The molecule has 2 rings (SSSR count). The van der Waals surface area contributed by atoms with Crippen LogP contribution >= 0.6 is 0 Å². The fraction of sp³-hybridized carbons (Fsp3) is 0.500. The molecule has 138 valence electrons. The quantitative estimate of drug-likeness (QED) is 0.779. The summed E-state index contributed by atoms with van der Waals surface area (Å²) in [7, 11) is 0. The molecule has 2 unspecified atom stereocenters. The number of aliphatic carboxylic acids is 1. The van der Waals surface area contributed by atoms with E-state index in [0.717, 1.165) is 12.8 Å². The van der Waals surface area contributed by atoms with Crippen LogP contribution in [0.5, 0.6) is 5.75 Å². The van der Waals surface area contributed by atoms with Gasteiger partial charge >= 0.3 is 12.1 Å². The van der Waals surface area contributed by atoms with E-state index in [0.29, 0.717) is 19.0 Å². The second-order valence-electron chi connectivity index (χ2n) is 5.65. The van der Waals surface area contributed by atoms with Gasteiger partial charge in [0.05, 0.1) is 12.5 Å². The average Bonchev–Trinajstić information content (AvgIpc) is 3.04. The molecule has 0 spiro atoms. The van der Waals surface area contributed by atoms with E-state index in [-0.39, 0.29) is 11.7 Å². The molecule has 1 saturated heterocycles. The first-order chi connectivity index (χ1) is 11.7. The average molecular weight is 361 g/mol. The van der Waals surface area contributed by atoms with Crippen molar-refractivity contribution >= 4 is 11.9 Å². The lowest BCUT2D eigenvalue weighted by Gasteiger charge is -2.16. The summed E-state index contributed by atoms with van der Waals surface area (Å²) in [6.45, 7) is 1.08. The molecule has 9 heteroatoms. The van der Waals surface area contributed by atoms with Crippen LogP contribution < -0.4 is 10.1 Å². The lowest BCUT2D eigenvalue weighted by molar-refractivity contribution is -0.157. The van der Waals surface area contributed by atoms with Gasteiger partial charge in [-0.15, -0.1) is 0 Å². The zero-order chi connectivity index (χ0) is 18.4. The molecule has 1 fully saturated rings. The Morgan fingerprint density at radius 1 is 1.32 bits per heavy atom. The van der Waals surface area contributed by atoms with Gasteiger partial charge in [-0.3, -0.25) is 4.79 Å². The van der Waals surface area contributed by atoms with Gasteiger partial charge in [0.1, 0.15) is 18.4 Å². The third kappa shape index (κ3) is 6.26. The number of alkyl halides is 3. The zero-order valence-electron chi connectivity index (χ0n) is 13.2. The molecular weight excluding hydrogens is 343 g/mol. The van der Waals surface area contributed by atoms with E-state index in [9.17, 15) is 22.8 Å². The van der Waals surface area contributed by atoms with E-state index in [1.165, 1.54) is 24.3 Å². The van der Waals surface area contributed by atoms with E-state index < -0.39 is 30.5 Å². The van der Waals surface area contributed by atoms with E-state index >= 15 is 0 Å². The molecule has 0 radical (unpaired) electrons. The molecule has 1 aliphatic heterocycles. The van der Waals surface area contributed by atoms with Crippen LogP contribution in [0.3, 0.4) is 0 Å². The number of amides is 1. The van der Waals surface area contributed by atoms with E-state index in [1.54, 1.807) is 0 Å². The number of hydrogen-bond donors (Lipinski definition) is 2. The number of benzene rings is 1. The Labute approximate surface area is 141 Å². The molecule has 0 saturated carbocycles. The molecule has 1 amide bonds. The summed E-state index contributed by atoms with van der Waals surface area (Å²) in [5.74, 6) is -2.17. The number of carbonyl (C=O) groups is 2. The van der Waals surface area contributed by atoms with E-state index in [2.05, 4.69) is 0 Å². The molecule has 0 bridgehead atoms.